The van der Waals surface area contributed by atoms with Crippen LogP contribution in [0.2, 0.25) is 0 Å². The third kappa shape index (κ3) is 4.01. The molecule has 0 atom stereocenters. The number of nitrogens with zero attached hydrogens (tertiary/aromatic N) is 2. The van der Waals surface area contributed by atoms with Gasteiger partial charge in [-0.3, -0.25) is 0 Å². The lowest BCUT2D eigenvalue weighted by atomic mass is 10.2. The van der Waals surface area contributed by atoms with Crippen LogP contribution in [-0.4, -0.2) is 18.6 Å². The van der Waals surface area contributed by atoms with E-state index >= 15 is 0 Å². The van der Waals surface area contributed by atoms with E-state index in [1.807, 2.05) is 17.5 Å². The van der Waals surface area contributed by atoms with E-state index < -0.39 is 21.6 Å². The highest BCUT2D eigenvalue weighted by Gasteiger charge is 2.16. The van der Waals surface area contributed by atoms with Crippen molar-refractivity contribution in [3.8, 4) is 10.7 Å². The highest BCUT2D eigenvalue weighted by Crippen LogP contribution is 2.21. The minimum atomic E-state index is -3.72. The Morgan fingerprint density at radius 3 is 2.78 bits per heavy atom. The summed E-state index contributed by atoms with van der Waals surface area (Å²) in [7, 11) is -3.72. The van der Waals surface area contributed by atoms with Crippen LogP contribution >= 0.6 is 11.3 Å². The molecular weight excluding hydrogens is 341 g/mol. The maximum atomic E-state index is 13.5. The van der Waals surface area contributed by atoms with E-state index in [0.29, 0.717) is 5.82 Å². The smallest absolute Gasteiger partial charge is 0.242 e. The summed E-state index contributed by atoms with van der Waals surface area (Å²) in [4.78, 5) is 4.94. The minimum Gasteiger partial charge on any atom is -0.337 e. The third-order valence-corrected chi connectivity index (χ3v) is 5.10. The van der Waals surface area contributed by atoms with Crippen molar-refractivity contribution in [3.05, 3.63) is 59.0 Å². The Hall–Kier alpha value is -2.10. The van der Waals surface area contributed by atoms with Crippen LogP contribution in [0, 0.1) is 5.82 Å². The molecule has 0 bridgehead atoms. The fourth-order valence-electron chi connectivity index (χ4n) is 1.88. The third-order valence-electron chi connectivity index (χ3n) is 2.96. The summed E-state index contributed by atoms with van der Waals surface area (Å²) in [5.74, 6) is -0.463. The maximum absolute atomic E-state index is 13.5. The van der Waals surface area contributed by atoms with Gasteiger partial charge < -0.3 is 4.52 Å². The molecule has 0 aliphatic carbocycles. The molecule has 0 saturated heterocycles. The van der Waals surface area contributed by atoms with Gasteiger partial charge in [0, 0.05) is 5.56 Å². The van der Waals surface area contributed by atoms with Gasteiger partial charge in [0.2, 0.25) is 21.7 Å². The molecule has 0 spiro atoms. The number of rotatable bonds is 6. The molecule has 2 aromatic heterocycles. The number of hydrogen-bond acceptors (Lipinski definition) is 6. The molecular formula is C14H12FN3O3S2. The summed E-state index contributed by atoms with van der Waals surface area (Å²) >= 11 is 1.45. The summed E-state index contributed by atoms with van der Waals surface area (Å²) < 4.78 is 44.8. The Morgan fingerprint density at radius 1 is 1.22 bits per heavy atom. The number of aromatic nitrogens is 2. The average Bonchev–Trinajstić information content (AvgIpc) is 3.18. The van der Waals surface area contributed by atoms with Crippen LogP contribution in [0.15, 0.2) is 46.3 Å². The van der Waals surface area contributed by atoms with E-state index in [2.05, 4.69) is 14.9 Å². The van der Waals surface area contributed by atoms with E-state index in [9.17, 15) is 12.8 Å². The highest BCUT2D eigenvalue weighted by atomic mass is 32.2. The van der Waals surface area contributed by atoms with Crippen LogP contribution < -0.4 is 4.72 Å². The topological polar surface area (TPSA) is 85.1 Å². The van der Waals surface area contributed by atoms with E-state index in [0.717, 1.165) is 4.88 Å². The van der Waals surface area contributed by atoms with Crippen molar-refractivity contribution in [1.29, 1.82) is 0 Å². The van der Waals surface area contributed by atoms with Crippen LogP contribution in [-0.2, 0) is 22.3 Å². The zero-order chi connectivity index (χ0) is 16.3. The highest BCUT2D eigenvalue weighted by molar-refractivity contribution is 7.88. The molecule has 3 aromatic rings. The summed E-state index contributed by atoms with van der Waals surface area (Å²) in [6, 6.07) is 9.42. The van der Waals surface area contributed by atoms with Gasteiger partial charge in [-0.1, -0.05) is 29.4 Å². The molecule has 0 saturated carbocycles. The first kappa shape index (κ1) is 15.8. The fourth-order valence-corrected chi connectivity index (χ4v) is 3.61. The van der Waals surface area contributed by atoms with Gasteiger partial charge in [0.15, 0.2) is 0 Å². The predicted octanol–water partition coefficient (Wildman–Crippen LogP) is 2.56. The van der Waals surface area contributed by atoms with Crippen LogP contribution in [0.1, 0.15) is 11.5 Å². The van der Waals surface area contributed by atoms with Gasteiger partial charge in [-0.2, -0.15) is 4.98 Å². The van der Waals surface area contributed by atoms with Gasteiger partial charge in [-0.15, -0.1) is 11.3 Å². The van der Waals surface area contributed by atoms with Crippen LogP contribution in [0.5, 0.6) is 0 Å². The number of sulfonamides is 1. The molecule has 6 nitrogen and oxygen atoms in total. The lowest BCUT2D eigenvalue weighted by molar-refractivity contribution is 0.376. The van der Waals surface area contributed by atoms with Gasteiger partial charge in [-0.25, -0.2) is 17.5 Å². The Morgan fingerprint density at radius 2 is 2.04 bits per heavy atom. The molecule has 0 radical (unpaired) electrons. The Kier molecular flexibility index (Phi) is 4.51. The Bertz CT molecular complexity index is 892. The largest absolute Gasteiger partial charge is 0.337 e. The quantitative estimate of drug-likeness (QED) is 0.736. The molecule has 1 N–H and O–H groups in total. The average molecular weight is 353 g/mol. The maximum Gasteiger partial charge on any atom is 0.242 e. The molecule has 2 heterocycles. The second-order valence-electron chi connectivity index (χ2n) is 4.66. The van der Waals surface area contributed by atoms with Crippen molar-refractivity contribution in [1.82, 2.24) is 14.9 Å². The molecule has 1 aromatic carbocycles. The minimum absolute atomic E-state index is 0.102. The van der Waals surface area contributed by atoms with Gasteiger partial charge in [-0.05, 0) is 17.5 Å². The number of halogens is 1. The van der Waals surface area contributed by atoms with Gasteiger partial charge in [0.1, 0.15) is 5.82 Å². The lowest BCUT2D eigenvalue weighted by Crippen LogP contribution is -2.25. The van der Waals surface area contributed by atoms with Gasteiger partial charge in [0.25, 0.3) is 0 Å². The Labute approximate surface area is 136 Å². The van der Waals surface area contributed by atoms with Crippen molar-refractivity contribution in [2.24, 2.45) is 0 Å². The summed E-state index contributed by atoms with van der Waals surface area (Å²) in [5.41, 5.74) is 0.102. The first-order chi connectivity index (χ1) is 11.0. The number of benzene rings is 1. The van der Waals surface area contributed by atoms with E-state index in [1.165, 1.54) is 29.5 Å². The van der Waals surface area contributed by atoms with Crippen molar-refractivity contribution in [3.63, 3.8) is 0 Å². The molecule has 3 rings (SSSR count). The summed E-state index contributed by atoms with van der Waals surface area (Å²) in [6.07, 6.45) is 0. The molecule has 0 aliphatic heterocycles. The summed E-state index contributed by atoms with van der Waals surface area (Å²) in [6.45, 7) is -0.144. The zero-order valence-corrected chi connectivity index (χ0v) is 13.4. The molecule has 0 unspecified atom stereocenters. The molecule has 0 aliphatic rings. The van der Waals surface area contributed by atoms with E-state index in [4.69, 9.17) is 4.52 Å². The van der Waals surface area contributed by atoms with E-state index in [-0.39, 0.29) is 18.0 Å². The number of thiophene rings is 1. The van der Waals surface area contributed by atoms with Crippen molar-refractivity contribution < 1.29 is 17.3 Å². The first-order valence-corrected chi connectivity index (χ1v) is 9.14. The number of nitrogens with one attached hydrogen (secondary N) is 1. The predicted molar refractivity (Wildman–Crippen MR) is 83.5 cm³/mol. The van der Waals surface area contributed by atoms with Crippen LogP contribution in [0.3, 0.4) is 0 Å². The van der Waals surface area contributed by atoms with E-state index in [1.54, 1.807) is 6.07 Å². The molecule has 0 fully saturated rings. The van der Waals surface area contributed by atoms with Gasteiger partial charge in [0.05, 0.1) is 17.2 Å². The number of hydrogen-bond donors (Lipinski definition) is 1. The van der Waals surface area contributed by atoms with Gasteiger partial charge >= 0.3 is 0 Å². The Balaban J connectivity index is 1.64. The second-order valence-corrected chi connectivity index (χ2v) is 7.42. The van der Waals surface area contributed by atoms with Crippen LogP contribution in [0.25, 0.3) is 10.7 Å². The lowest BCUT2D eigenvalue weighted by Gasteiger charge is -2.05. The molecule has 0 amide bonds. The van der Waals surface area contributed by atoms with Crippen LogP contribution in [0.4, 0.5) is 4.39 Å². The molecule has 23 heavy (non-hydrogen) atoms. The van der Waals surface area contributed by atoms with Crippen molar-refractivity contribution >= 4 is 21.4 Å². The monoisotopic (exact) mass is 353 g/mol. The second kappa shape index (κ2) is 6.57. The zero-order valence-electron chi connectivity index (χ0n) is 11.8. The summed E-state index contributed by atoms with van der Waals surface area (Å²) in [5, 5.41) is 5.66. The molecule has 120 valence electrons. The fraction of sp³-hybridized carbons (Fsp3) is 0.143. The van der Waals surface area contributed by atoms with Crippen molar-refractivity contribution in [2.45, 2.75) is 12.3 Å². The first-order valence-electron chi connectivity index (χ1n) is 6.61. The SMILES string of the molecule is O=S(=O)(Cc1ccccc1F)NCc1nc(-c2cccs2)no1. The standard InChI is InChI=1S/C14H12FN3O3S2/c15-11-5-2-1-4-10(11)9-23(19,20)16-8-13-17-14(18-21-13)12-6-3-7-22-12/h1-7,16H,8-9H2. The normalized spacial score (nSPS) is 11.7. The van der Waals surface area contributed by atoms with Crippen molar-refractivity contribution in [2.75, 3.05) is 0 Å². The molecule has 9 heteroatoms.